The Morgan fingerprint density at radius 2 is 1.81 bits per heavy atom. The molecule has 42 heavy (non-hydrogen) atoms. The Kier molecular flexibility index (Phi) is 8.22. The van der Waals surface area contributed by atoms with Gasteiger partial charge in [0, 0.05) is 30.7 Å². The van der Waals surface area contributed by atoms with Crippen LogP contribution in [0.5, 0.6) is 5.88 Å². The Hall–Kier alpha value is -5.14. The second-order valence-corrected chi connectivity index (χ2v) is 9.74. The van der Waals surface area contributed by atoms with Gasteiger partial charge in [-0.05, 0) is 55.0 Å². The number of methoxy groups -OCH3 is 1. The topological polar surface area (TPSA) is 110 Å². The van der Waals surface area contributed by atoms with Crippen LogP contribution in [-0.2, 0) is 24.3 Å². The zero-order chi connectivity index (χ0) is 29.8. The van der Waals surface area contributed by atoms with Crippen molar-refractivity contribution in [1.29, 1.82) is 5.26 Å². The van der Waals surface area contributed by atoms with Crippen molar-refractivity contribution in [3.8, 4) is 23.2 Å². The van der Waals surface area contributed by atoms with E-state index in [1.807, 2.05) is 17.6 Å². The average molecular weight is 569 g/mol. The monoisotopic (exact) mass is 568 g/mol. The highest BCUT2D eigenvalue weighted by molar-refractivity contribution is 5.92. The molecule has 10 heteroatoms. The van der Waals surface area contributed by atoms with E-state index in [0.29, 0.717) is 40.2 Å². The highest BCUT2D eigenvalue weighted by Crippen LogP contribution is 2.26. The van der Waals surface area contributed by atoms with Crippen LogP contribution in [0.1, 0.15) is 39.8 Å². The van der Waals surface area contributed by atoms with E-state index in [4.69, 9.17) is 14.7 Å². The van der Waals surface area contributed by atoms with Gasteiger partial charge in [0.05, 0.1) is 46.6 Å². The number of nitriles is 1. The SMILES string of the molecule is CO[C@@H](C)Cn1c(Cc2ccc(-c3cccc(OCc4ccc(C#N)cc4F)n3)cc2F)nc2ccc(C(=O)O)cc21. The number of benzene rings is 3. The number of carboxylic acids is 1. The lowest BCUT2D eigenvalue weighted by atomic mass is 10.1. The molecule has 3 aromatic carbocycles. The van der Waals surface area contributed by atoms with E-state index in [2.05, 4.69) is 9.97 Å². The highest BCUT2D eigenvalue weighted by atomic mass is 19.1. The third kappa shape index (κ3) is 6.11. The van der Waals surface area contributed by atoms with Gasteiger partial charge in [-0.3, -0.25) is 0 Å². The summed E-state index contributed by atoms with van der Waals surface area (Å²) < 4.78 is 42.6. The number of hydrogen-bond acceptors (Lipinski definition) is 6. The van der Waals surface area contributed by atoms with Crippen LogP contribution < -0.4 is 4.74 Å². The van der Waals surface area contributed by atoms with Crippen molar-refractivity contribution < 1.29 is 28.2 Å². The molecule has 2 heterocycles. The summed E-state index contributed by atoms with van der Waals surface area (Å²) in [5.74, 6) is -1.23. The van der Waals surface area contributed by atoms with E-state index in [-0.39, 0.29) is 41.7 Å². The second-order valence-electron chi connectivity index (χ2n) is 9.74. The summed E-state index contributed by atoms with van der Waals surface area (Å²) in [7, 11) is 1.59. The fraction of sp³-hybridized carbons (Fsp3) is 0.188. The van der Waals surface area contributed by atoms with Crippen molar-refractivity contribution in [2.24, 2.45) is 0 Å². The summed E-state index contributed by atoms with van der Waals surface area (Å²) in [5.41, 5.74) is 3.28. The van der Waals surface area contributed by atoms with Crippen molar-refractivity contribution >= 4 is 17.0 Å². The molecule has 1 N–H and O–H groups in total. The van der Waals surface area contributed by atoms with Gasteiger partial charge in [-0.25, -0.2) is 23.5 Å². The standard InChI is InChI=1S/C32H26F2N4O4/c1-19(41-2)17-38-29-14-23(32(39)40)10-11-28(29)36-30(38)15-21-8-9-22(13-26(21)34)27-4-3-5-31(37-27)42-18-24-7-6-20(16-35)12-25(24)33/h3-14,19H,15,17-18H2,1-2H3,(H,39,40)/t19-/m0/s1. The van der Waals surface area contributed by atoms with Gasteiger partial charge in [-0.15, -0.1) is 0 Å². The minimum atomic E-state index is -1.04. The van der Waals surface area contributed by atoms with Crippen molar-refractivity contribution in [3.63, 3.8) is 0 Å². The number of imidazole rings is 1. The lowest BCUT2D eigenvalue weighted by Gasteiger charge is -2.15. The molecule has 212 valence electrons. The van der Waals surface area contributed by atoms with E-state index >= 15 is 4.39 Å². The number of carboxylic acid groups (broad SMARTS) is 1. The molecule has 0 radical (unpaired) electrons. The Morgan fingerprint density at radius 3 is 2.52 bits per heavy atom. The lowest BCUT2D eigenvalue weighted by molar-refractivity contribution is 0.0697. The van der Waals surface area contributed by atoms with Gasteiger partial charge in [-0.1, -0.05) is 24.3 Å². The molecule has 0 saturated carbocycles. The fourth-order valence-electron chi connectivity index (χ4n) is 4.54. The predicted octanol–water partition coefficient (Wildman–Crippen LogP) is 6.15. The summed E-state index contributed by atoms with van der Waals surface area (Å²) in [6, 6.07) is 20.6. The predicted molar refractivity (Wildman–Crippen MR) is 151 cm³/mol. The Labute approximate surface area is 240 Å². The molecule has 1 atom stereocenters. The first-order valence-corrected chi connectivity index (χ1v) is 13.1. The second kappa shape index (κ2) is 12.2. The first-order valence-electron chi connectivity index (χ1n) is 13.1. The molecule has 0 saturated heterocycles. The summed E-state index contributed by atoms with van der Waals surface area (Å²) in [5, 5.41) is 18.4. The number of halogens is 2. The van der Waals surface area contributed by atoms with Gasteiger partial charge in [0.1, 0.15) is 24.1 Å². The van der Waals surface area contributed by atoms with Crippen molar-refractivity contribution in [2.75, 3.05) is 7.11 Å². The van der Waals surface area contributed by atoms with Crippen molar-refractivity contribution in [1.82, 2.24) is 14.5 Å². The Bertz CT molecular complexity index is 1830. The molecule has 0 spiro atoms. The molecule has 8 nitrogen and oxygen atoms in total. The number of nitrogens with zero attached hydrogens (tertiary/aromatic N) is 4. The van der Waals surface area contributed by atoms with Gasteiger partial charge in [-0.2, -0.15) is 5.26 Å². The van der Waals surface area contributed by atoms with Crippen molar-refractivity contribution in [2.45, 2.75) is 32.6 Å². The number of hydrogen-bond donors (Lipinski definition) is 1. The van der Waals surface area contributed by atoms with Crippen LogP contribution >= 0.6 is 0 Å². The number of fused-ring (bicyclic) bond motifs is 1. The first kappa shape index (κ1) is 28.4. The maximum absolute atomic E-state index is 15.4. The molecule has 0 aliphatic rings. The molecule has 0 aliphatic heterocycles. The number of ether oxygens (including phenoxy) is 2. The maximum Gasteiger partial charge on any atom is 0.335 e. The lowest BCUT2D eigenvalue weighted by Crippen LogP contribution is -2.17. The van der Waals surface area contributed by atoms with Gasteiger partial charge < -0.3 is 19.1 Å². The van der Waals surface area contributed by atoms with Crippen LogP contribution in [-0.4, -0.2) is 38.8 Å². The molecule has 0 fully saturated rings. The molecule has 0 bridgehead atoms. The summed E-state index contributed by atoms with van der Waals surface area (Å²) in [6.07, 6.45) is -0.0114. The van der Waals surface area contributed by atoms with E-state index in [9.17, 15) is 14.3 Å². The minimum absolute atomic E-state index is 0.0854. The first-order chi connectivity index (χ1) is 20.2. The zero-order valence-electron chi connectivity index (χ0n) is 22.8. The molecule has 2 aromatic heterocycles. The highest BCUT2D eigenvalue weighted by Gasteiger charge is 2.18. The molecule has 0 aliphatic carbocycles. The van der Waals surface area contributed by atoms with Crippen molar-refractivity contribution in [3.05, 3.63) is 113 Å². The Morgan fingerprint density at radius 1 is 1.02 bits per heavy atom. The van der Waals surface area contributed by atoms with E-state index in [0.717, 1.165) is 6.07 Å². The molecule has 5 aromatic rings. The number of aromatic carboxylic acids is 1. The smallest absolute Gasteiger partial charge is 0.335 e. The minimum Gasteiger partial charge on any atom is -0.478 e. The molecule has 0 amide bonds. The summed E-state index contributed by atoms with van der Waals surface area (Å²) in [4.78, 5) is 20.6. The van der Waals surface area contributed by atoms with Gasteiger partial charge in [0.2, 0.25) is 5.88 Å². The number of aromatic nitrogens is 3. The number of carbonyl (C=O) groups is 1. The van der Waals surface area contributed by atoms with E-state index < -0.39 is 17.6 Å². The molecule has 5 rings (SSSR count). The third-order valence-electron chi connectivity index (χ3n) is 6.89. The quantitative estimate of drug-likeness (QED) is 0.215. The van der Waals surface area contributed by atoms with Crippen LogP contribution in [0.4, 0.5) is 8.78 Å². The van der Waals surface area contributed by atoms with Gasteiger partial charge >= 0.3 is 5.97 Å². The van der Waals surface area contributed by atoms with Gasteiger partial charge in [0.15, 0.2) is 0 Å². The number of pyridine rings is 1. The average Bonchev–Trinajstić information content (AvgIpc) is 3.33. The van der Waals surface area contributed by atoms with Crippen LogP contribution in [0.15, 0.2) is 72.8 Å². The summed E-state index contributed by atoms with van der Waals surface area (Å²) in [6.45, 7) is 2.21. The molecule has 0 unspecified atom stereocenters. The van der Waals surface area contributed by atoms with Crippen LogP contribution in [0.25, 0.3) is 22.3 Å². The van der Waals surface area contributed by atoms with Gasteiger partial charge in [0.25, 0.3) is 0 Å². The number of rotatable bonds is 10. The zero-order valence-corrected chi connectivity index (χ0v) is 22.8. The van der Waals surface area contributed by atoms with E-state index in [1.54, 1.807) is 49.6 Å². The Balaban J connectivity index is 1.38. The fourth-order valence-corrected chi connectivity index (χ4v) is 4.54. The summed E-state index contributed by atoms with van der Waals surface area (Å²) >= 11 is 0. The molecular formula is C32H26F2N4O4. The van der Waals surface area contributed by atoms with Crippen LogP contribution in [0.2, 0.25) is 0 Å². The van der Waals surface area contributed by atoms with Crippen LogP contribution in [0.3, 0.4) is 0 Å². The largest absolute Gasteiger partial charge is 0.478 e. The normalized spacial score (nSPS) is 11.8. The van der Waals surface area contributed by atoms with Crippen LogP contribution in [0, 0.1) is 23.0 Å². The maximum atomic E-state index is 15.4. The third-order valence-corrected chi connectivity index (χ3v) is 6.89. The van der Waals surface area contributed by atoms with E-state index in [1.165, 1.54) is 24.3 Å². The molecular weight excluding hydrogens is 542 g/mol.